The zero-order valence-corrected chi connectivity index (χ0v) is 9.32. The first-order chi connectivity index (χ1) is 7.72. The van der Waals surface area contributed by atoms with E-state index in [4.69, 9.17) is 11.2 Å². The van der Waals surface area contributed by atoms with Gasteiger partial charge in [0.1, 0.15) is 0 Å². The van der Waals surface area contributed by atoms with E-state index in [0.717, 1.165) is 17.5 Å². The van der Waals surface area contributed by atoms with Gasteiger partial charge in [-0.2, -0.15) is 0 Å². The first kappa shape index (κ1) is 11.0. The Labute approximate surface area is 94.8 Å². The number of nitrogens with one attached hydrogen (secondary N) is 1. The lowest BCUT2D eigenvalue weighted by Gasteiger charge is -2.28. The van der Waals surface area contributed by atoms with Gasteiger partial charge in [0.05, 0.1) is 0 Å². The minimum absolute atomic E-state index is 0.0299. The van der Waals surface area contributed by atoms with Crippen LogP contribution in [0, 0.1) is 18.3 Å². The smallest absolute Gasteiger partial charge is 0.251 e. The average molecular weight is 217 g/mol. The van der Waals surface area contributed by atoms with Gasteiger partial charge in [-0.1, -0.05) is 12.8 Å². The van der Waals surface area contributed by atoms with Gasteiger partial charge in [0, 0.05) is 30.5 Å². The number of rotatable bonds is 1. The molecular formula is C13H15NO2. The predicted molar refractivity (Wildman–Crippen MR) is 62.3 cm³/mol. The van der Waals surface area contributed by atoms with Gasteiger partial charge in [-0.05, 0) is 24.3 Å². The van der Waals surface area contributed by atoms with Crippen LogP contribution in [0.1, 0.15) is 30.4 Å². The first-order valence-corrected chi connectivity index (χ1v) is 5.49. The van der Waals surface area contributed by atoms with Crippen LogP contribution in [-0.4, -0.2) is 18.2 Å². The van der Waals surface area contributed by atoms with E-state index in [9.17, 15) is 4.79 Å². The van der Waals surface area contributed by atoms with Gasteiger partial charge in [0.15, 0.2) is 0 Å². The second-order valence-corrected chi connectivity index (χ2v) is 4.26. The molecule has 16 heavy (non-hydrogen) atoms. The zero-order valence-electron chi connectivity index (χ0n) is 9.32. The fourth-order valence-electron chi connectivity index (χ4n) is 2.20. The Morgan fingerprint density at radius 3 is 3.12 bits per heavy atom. The SMILES string of the molecule is C#Cc1c[nH]c(=O)c(C2CCOC[C@@H]2C)c1. The molecule has 1 N–H and O–H groups in total. The molecule has 2 atom stereocenters. The highest BCUT2D eigenvalue weighted by molar-refractivity contribution is 5.33. The number of terminal acetylenes is 1. The molecule has 1 unspecified atom stereocenters. The van der Waals surface area contributed by atoms with Crippen LogP contribution in [0.25, 0.3) is 0 Å². The van der Waals surface area contributed by atoms with Crippen molar-refractivity contribution in [3.05, 3.63) is 33.7 Å². The standard InChI is InChI=1S/C13H15NO2/c1-3-10-6-12(13(15)14-7-10)11-4-5-16-8-9(11)2/h1,6-7,9,11H,4-5,8H2,2H3,(H,14,15)/t9-,11?/m0/s1. The monoisotopic (exact) mass is 217 g/mol. The lowest BCUT2D eigenvalue weighted by atomic mass is 9.84. The van der Waals surface area contributed by atoms with Crippen molar-refractivity contribution in [3.8, 4) is 12.3 Å². The summed E-state index contributed by atoms with van der Waals surface area (Å²) in [6, 6.07) is 1.82. The van der Waals surface area contributed by atoms with Crippen molar-refractivity contribution in [2.24, 2.45) is 5.92 Å². The Hall–Kier alpha value is -1.53. The van der Waals surface area contributed by atoms with E-state index in [1.807, 2.05) is 6.07 Å². The van der Waals surface area contributed by atoms with E-state index in [1.54, 1.807) is 6.20 Å². The van der Waals surface area contributed by atoms with Crippen molar-refractivity contribution in [1.29, 1.82) is 0 Å². The minimum atomic E-state index is -0.0299. The molecule has 84 valence electrons. The number of aromatic nitrogens is 1. The molecule has 1 aromatic rings. The minimum Gasteiger partial charge on any atom is -0.381 e. The predicted octanol–water partition coefficient (Wildman–Crippen LogP) is 1.50. The normalized spacial score (nSPS) is 25.0. The number of hydrogen-bond acceptors (Lipinski definition) is 2. The summed E-state index contributed by atoms with van der Waals surface area (Å²) in [5, 5.41) is 0. The van der Waals surface area contributed by atoms with Crippen molar-refractivity contribution in [1.82, 2.24) is 4.98 Å². The number of pyridine rings is 1. The van der Waals surface area contributed by atoms with E-state index in [1.165, 1.54) is 0 Å². The summed E-state index contributed by atoms with van der Waals surface area (Å²) in [7, 11) is 0. The highest BCUT2D eigenvalue weighted by Gasteiger charge is 2.25. The van der Waals surface area contributed by atoms with E-state index >= 15 is 0 Å². The molecule has 1 saturated heterocycles. The van der Waals surface area contributed by atoms with Gasteiger partial charge in [-0.15, -0.1) is 6.42 Å². The van der Waals surface area contributed by atoms with Gasteiger partial charge in [0.25, 0.3) is 5.56 Å². The van der Waals surface area contributed by atoms with Crippen LogP contribution in [0.3, 0.4) is 0 Å². The molecule has 0 spiro atoms. The molecule has 0 saturated carbocycles. The maximum absolute atomic E-state index is 11.8. The molecule has 1 aromatic heterocycles. The van der Waals surface area contributed by atoms with Gasteiger partial charge >= 0.3 is 0 Å². The Morgan fingerprint density at radius 2 is 2.44 bits per heavy atom. The zero-order chi connectivity index (χ0) is 11.5. The fraction of sp³-hybridized carbons (Fsp3) is 0.462. The van der Waals surface area contributed by atoms with Crippen LogP contribution in [0.4, 0.5) is 0 Å². The Bertz CT molecular complexity index is 470. The first-order valence-electron chi connectivity index (χ1n) is 5.49. The quantitative estimate of drug-likeness (QED) is 0.724. The number of aromatic amines is 1. The molecule has 1 fully saturated rings. The molecule has 1 aliphatic heterocycles. The van der Waals surface area contributed by atoms with Crippen LogP contribution in [0.2, 0.25) is 0 Å². The summed E-state index contributed by atoms with van der Waals surface area (Å²) >= 11 is 0. The summed E-state index contributed by atoms with van der Waals surface area (Å²) in [6.07, 6.45) is 7.80. The molecule has 0 amide bonds. The fourth-order valence-corrected chi connectivity index (χ4v) is 2.20. The highest BCUT2D eigenvalue weighted by atomic mass is 16.5. The van der Waals surface area contributed by atoms with Crippen LogP contribution in [0.5, 0.6) is 0 Å². The van der Waals surface area contributed by atoms with Crippen molar-refractivity contribution < 1.29 is 4.74 Å². The second-order valence-electron chi connectivity index (χ2n) is 4.26. The van der Waals surface area contributed by atoms with Crippen LogP contribution >= 0.6 is 0 Å². The maximum Gasteiger partial charge on any atom is 0.251 e. The Morgan fingerprint density at radius 1 is 1.62 bits per heavy atom. The molecular weight excluding hydrogens is 202 g/mol. The van der Waals surface area contributed by atoms with Gasteiger partial charge in [-0.25, -0.2) is 0 Å². The second kappa shape index (κ2) is 4.54. The van der Waals surface area contributed by atoms with Gasteiger partial charge in [0.2, 0.25) is 0 Å². The summed E-state index contributed by atoms with van der Waals surface area (Å²) in [5.74, 6) is 3.17. The summed E-state index contributed by atoms with van der Waals surface area (Å²) in [5.41, 5.74) is 1.50. The largest absolute Gasteiger partial charge is 0.381 e. The molecule has 0 bridgehead atoms. The van der Waals surface area contributed by atoms with Crippen LogP contribution in [0.15, 0.2) is 17.1 Å². The summed E-state index contributed by atoms with van der Waals surface area (Å²) in [4.78, 5) is 14.5. The van der Waals surface area contributed by atoms with E-state index in [0.29, 0.717) is 19.1 Å². The maximum atomic E-state index is 11.8. The Kier molecular flexibility index (Phi) is 3.12. The van der Waals surface area contributed by atoms with Crippen molar-refractivity contribution in [2.45, 2.75) is 19.3 Å². The van der Waals surface area contributed by atoms with E-state index in [2.05, 4.69) is 17.8 Å². The van der Waals surface area contributed by atoms with Crippen LogP contribution < -0.4 is 5.56 Å². The molecule has 3 heteroatoms. The average Bonchev–Trinajstić information content (AvgIpc) is 2.31. The van der Waals surface area contributed by atoms with Crippen LogP contribution in [-0.2, 0) is 4.74 Å². The number of ether oxygens (including phenoxy) is 1. The van der Waals surface area contributed by atoms with Crippen molar-refractivity contribution in [2.75, 3.05) is 13.2 Å². The third-order valence-corrected chi connectivity index (χ3v) is 3.14. The number of H-pyrrole nitrogens is 1. The van der Waals surface area contributed by atoms with E-state index in [-0.39, 0.29) is 11.5 Å². The van der Waals surface area contributed by atoms with Crippen molar-refractivity contribution in [3.63, 3.8) is 0 Å². The molecule has 2 heterocycles. The van der Waals surface area contributed by atoms with E-state index < -0.39 is 0 Å². The lowest BCUT2D eigenvalue weighted by Crippen LogP contribution is -2.28. The molecule has 0 aliphatic carbocycles. The summed E-state index contributed by atoms with van der Waals surface area (Å²) in [6.45, 7) is 3.53. The topological polar surface area (TPSA) is 42.1 Å². The molecule has 0 aromatic carbocycles. The lowest BCUT2D eigenvalue weighted by molar-refractivity contribution is 0.0469. The summed E-state index contributed by atoms with van der Waals surface area (Å²) < 4.78 is 5.38. The van der Waals surface area contributed by atoms with Gasteiger partial charge < -0.3 is 9.72 Å². The molecule has 1 aliphatic rings. The molecule has 3 nitrogen and oxygen atoms in total. The van der Waals surface area contributed by atoms with Gasteiger partial charge in [-0.3, -0.25) is 4.79 Å². The number of hydrogen-bond donors (Lipinski definition) is 1. The molecule has 0 radical (unpaired) electrons. The third-order valence-electron chi connectivity index (χ3n) is 3.14. The van der Waals surface area contributed by atoms with Crippen molar-refractivity contribution >= 4 is 0 Å². The third kappa shape index (κ3) is 2.02. The highest BCUT2D eigenvalue weighted by Crippen LogP contribution is 2.29. The Balaban J connectivity index is 2.38. The molecule has 2 rings (SSSR count).